The molecular weight excluding hydrogens is 292 g/mol. The number of carbonyl (C=O) groups excluding carboxylic acids is 2. The monoisotopic (exact) mass is 310 g/mol. The van der Waals surface area contributed by atoms with Gasteiger partial charge in [0.05, 0.1) is 12.1 Å². The summed E-state index contributed by atoms with van der Waals surface area (Å²) in [5.41, 5.74) is 3.24. The van der Waals surface area contributed by atoms with E-state index in [-0.39, 0.29) is 24.8 Å². The SMILES string of the molecule is Cc1ccccc1CC(=O)Nc1cccc2c1N(C)C(=O)CO2. The number of fused-ring (bicyclic) bond motifs is 1. The lowest BCUT2D eigenvalue weighted by atomic mass is 10.1. The number of likely N-dealkylation sites (N-methyl/N-ethyl adjacent to an activating group) is 1. The van der Waals surface area contributed by atoms with Crippen LogP contribution in [0.25, 0.3) is 0 Å². The lowest BCUT2D eigenvalue weighted by Gasteiger charge is -2.28. The van der Waals surface area contributed by atoms with Crippen molar-refractivity contribution in [2.24, 2.45) is 0 Å². The average molecular weight is 310 g/mol. The molecule has 0 bridgehead atoms. The molecule has 0 atom stereocenters. The fraction of sp³-hybridized carbons (Fsp3) is 0.222. The minimum atomic E-state index is -0.141. The molecule has 2 amide bonds. The van der Waals surface area contributed by atoms with Gasteiger partial charge in [-0.2, -0.15) is 0 Å². The smallest absolute Gasteiger partial charge is 0.264 e. The van der Waals surface area contributed by atoms with Crippen molar-refractivity contribution in [1.29, 1.82) is 0 Å². The van der Waals surface area contributed by atoms with Gasteiger partial charge in [0, 0.05) is 7.05 Å². The molecule has 1 aliphatic heterocycles. The molecule has 118 valence electrons. The van der Waals surface area contributed by atoms with E-state index in [1.165, 1.54) is 4.90 Å². The zero-order valence-electron chi connectivity index (χ0n) is 13.1. The predicted octanol–water partition coefficient (Wildman–Crippen LogP) is 2.53. The summed E-state index contributed by atoms with van der Waals surface area (Å²) in [6.07, 6.45) is 0.287. The van der Waals surface area contributed by atoms with E-state index in [4.69, 9.17) is 4.74 Å². The number of anilines is 2. The first-order valence-electron chi connectivity index (χ1n) is 7.43. The lowest BCUT2D eigenvalue weighted by molar-refractivity contribution is -0.121. The number of amides is 2. The molecule has 0 aliphatic carbocycles. The summed E-state index contributed by atoms with van der Waals surface area (Å²) in [5, 5.41) is 2.88. The molecule has 5 heteroatoms. The second-order valence-electron chi connectivity index (χ2n) is 5.55. The van der Waals surface area contributed by atoms with Gasteiger partial charge < -0.3 is 15.0 Å². The molecular formula is C18H18N2O3. The highest BCUT2D eigenvalue weighted by atomic mass is 16.5. The van der Waals surface area contributed by atoms with E-state index >= 15 is 0 Å². The van der Waals surface area contributed by atoms with Crippen LogP contribution in [0.1, 0.15) is 11.1 Å². The predicted molar refractivity (Wildman–Crippen MR) is 88.9 cm³/mol. The number of nitrogens with one attached hydrogen (secondary N) is 1. The molecule has 1 N–H and O–H groups in total. The second kappa shape index (κ2) is 6.12. The van der Waals surface area contributed by atoms with Crippen LogP contribution in [-0.4, -0.2) is 25.5 Å². The quantitative estimate of drug-likeness (QED) is 0.948. The van der Waals surface area contributed by atoms with E-state index in [1.54, 1.807) is 25.2 Å². The minimum absolute atomic E-state index is 0.0180. The summed E-state index contributed by atoms with van der Waals surface area (Å²) in [4.78, 5) is 25.7. The third kappa shape index (κ3) is 3.04. The van der Waals surface area contributed by atoms with Gasteiger partial charge in [-0.1, -0.05) is 30.3 Å². The standard InChI is InChI=1S/C18H18N2O3/c1-12-6-3-4-7-13(12)10-16(21)19-14-8-5-9-15-18(14)20(2)17(22)11-23-15/h3-9H,10-11H2,1-2H3,(H,19,21). The Balaban J connectivity index is 1.82. The molecule has 0 radical (unpaired) electrons. The van der Waals surface area contributed by atoms with E-state index in [0.717, 1.165) is 11.1 Å². The molecule has 23 heavy (non-hydrogen) atoms. The van der Waals surface area contributed by atoms with Gasteiger partial charge in [-0.05, 0) is 30.2 Å². The fourth-order valence-corrected chi connectivity index (χ4v) is 2.62. The summed E-state index contributed by atoms with van der Waals surface area (Å²) in [6, 6.07) is 13.1. The maximum Gasteiger partial charge on any atom is 0.264 e. The first-order chi connectivity index (χ1) is 11.1. The van der Waals surface area contributed by atoms with Gasteiger partial charge in [-0.3, -0.25) is 9.59 Å². The van der Waals surface area contributed by atoms with Crippen LogP contribution in [-0.2, 0) is 16.0 Å². The van der Waals surface area contributed by atoms with Gasteiger partial charge in [0.15, 0.2) is 6.61 Å². The van der Waals surface area contributed by atoms with E-state index in [2.05, 4.69) is 5.32 Å². The van der Waals surface area contributed by atoms with E-state index in [0.29, 0.717) is 17.1 Å². The molecule has 0 saturated carbocycles. The average Bonchev–Trinajstić information content (AvgIpc) is 2.53. The topological polar surface area (TPSA) is 58.6 Å². The van der Waals surface area contributed by atoms with E-state index in [9.17, 15) is 9.59 Å². The van der Waals surface area contributed by atoms with Crippen LogP contribution >= 0.6 is 0 Å². The minimum Gasteiger partial charge on any atom is -0.481 e. The van der Waals surface area contributed by atoms with Crippen molar-refractivity contribution in [3.63, 3.8) is 0 Å². The van der Waals surface area contributed by atoms with Crippen molar-refractivity contribution in [3.05, 3.63) is 53.6 Å². The molecule has 1 heterocycles. The molecule has 0 spiro atoms. The van der Waals surface area contributed by atoms with Crippen LogP contribution in [0, 0.1) is 6.92 Å². The third-order valence-corrected chi connectivity index (χ3v) is 3.95. The van der Waals surface area contributed by atoms with Crippen molar-refractivity contribution in [1.82, 2.24) is 0 Å². The summed E-state index contributed by atoms with van der Waals surface area (Å²) in [5.74, 6) is 0.331. The number of benzene rings is 2. The molecule has 0 fully saturated rings. The highest BCUT2D eigenvalue weighted by Gasteiger charge is 2.25. The summed E-state index contributed by atoms with van der Waals surface area (Å²) in [6.45, 7) is 2.00. The van der Waals surface area contributed by atoms with Gasteiger partial charge in [-0.25, -0.2) is 0 Å². The van der Waals surface area contributed by atoms with Crippen molar-refractivity contribution >= 4 is 23.2 Å². The number of aryl methyl sites for hydroxylation is 1. The van der Waals surface area contributed by atoms with Gasteiger partial charge in [-0.15, -0.1) is 0 Å². The van der Waals surface area contributed by atoms with Crippen molar-refractivity contribution in [2.75, 3.05) is 23.9 Å². The number of carbonyl (C=O) groups is 2. The van der Waals surface area contributed by atoms with E-state index < -0.39 is 0 Å². The number of nitrogens with zero attached hydrogens (tertiary/aromatic N) is 1. The Morgan fingerprint density at radius 1 is 1.22 bits per heavy atom. The van der Waals surface area contributed by atoms with Crippen LogP contribution in [0.3, 0.4) is 0 Å². The second-order valence-corrected chi connectivity index (χ2v) is 5.55. The zero-order chi connectivity index (χ0) is 16.4. The number of hydrogen-bond donors (Lipinski definition) is 1. The van der Waals surface area contributed by atoms with Gasteiger partial charge in [0.1, 0.15) is 11.4 Å². The summed E-state index contributed by atoms with van der Waals surface area (Å²) in [7, 11) is 1.68. The van der Waals surface area contributed by atoms with E-state index in [1.807, 2.05) is 31.2 Å². The Bertz CT molecular complexity index is 771. The number of ether oxygens (including phenoxy) is 1. The number of rotatable bonds is 3. The number of para-hydroxylation sites is 1. The highest BCUT2D eigenvalue weighted by molar-refractivity contribution is 6.04. The Morgan fingerprint density at radius 2 is 2.00 bits per heavy atom. The van der Waals surface area contributed by atoms with Gasteiger partial charge in [0.25, 0.3) is 5.91 Å². The summed E-state index contributed by atoms with van der Waals surface area (Å²) >= 11 is 0. The molecule has 1 aliphatic rings. The Labute approximate surface area is 134 Å². The Kier molecular flexibility index (Phi) is 4.02. The molecule has 5 nitrogen and oxygen atoms in total. The van der Waals surface area contributed by atoms with Crippen molar-refractivity contribution in [3.8, 4) is 5.75 Å². The lowest BCUT2D eigenvalue weighted by Crippen LogP contribution is -2.36. The molecule has 2 aromatic rings. The maximum absolute atomic E-state index is 12.4. The summed E-state index contributed by atoms with van der Waals surface area (Å²) < 4.78 is 5.42. The largest absolute Gasteiger partial charge is 0.481 e. The van der Waals surface area contributed by atoms with Crippen LogP contribution in [0.2, 0.25) is 0 Å². The molecule has 0 unspecified atom stereocenters. The zero-order valence-corrected chi connectivity index (χ0v) is 13.1. The van der Waals surface area contributed by atoms with Crippen molar-refractivity contribution < 1.29 is 14.3 Å². The van der Waals surface area contributed by atoms with Gasteiger partial charge in [0.2, 0.25) is 5.91 Å². The van der Waals surface area contributed by atoms with Gasteiger partial charge >= 0.3 is 0 Å². The van der Waals surface area contributed by atoms with Crippen LogP contribution in [0.5, 0.6) is 5.75 Å². The van der Waals surface area contributed by atoms with Crippen molar-refractivity contribution in [2.45, 2.75) is 13.3 Å². The molecule has 0 aromatic heterocycles. The third-order valence-electron chi connectivity index (χ3n) is 3.95. The first kappa shape index (κ1) is 15.1. The Morgan fingerprint density at radius 3 is 2.78 bits per heavy atom. The molecule has 0 saturated heterocycles. The van der Waals surface area contributed by atoms with Crippen LogP contribution in [0.4, 0.5) is 11.4 Å². The molecule has 3 rings (SSSR count). The normalized spacial score (nSPS) is 13.3. The first-order valence-corrected chi connectivity index (χ1v) is 7.43. The number of hydrogen-bond acceptors (Lipinski definition) is 3. The fourth-order valence-electron chi connectivity index (χ4n) is 2.62. The van der Waals surface area contributed by atoms with Crippen LogP contribution < -0.4 is 15.0 Å². The van der Waals surface area contributed by atoms with Crippen LogP contribution in [0.15, 0.2) is 42.5 Å². The maximum atomic E-state index is 12.4. The Hall–Kier alpha value is -2.82. The molecule has 2 aromatic carbocycles. The highest BCUT2D eigenvalue weighted by Crippen LogP contribution is 2.38.